The molecule has 1 aromatic rings. The van der Waals surface area contributed by atoms with Crippen LogP contribution in [-0.2, 0) is 0 Å². The number of benzene rings is 1. The smallest absolute Gasteiger partial charge is 0.131 e. The lowest BCUT2D eigenvalue weighted by atomic mass is 9.93. The number of rotatable bonds is 4. The quantitative estimate of drug-likeness (QED) is 0.783. The fraction of sp³-hybridized carbons (Fsp3) is 0.467. The highest BCUT2D eigenvalue weighted by Gasteiger charge is 2.21. The molecule has 0 saturated carbocycles. The predicted molar refractivity (Wildman–Crippen MR) is 69.8 cm³/mol. The van der Waals surface area contributed by atoms with Crippen LogP contribution in [0.4, 0.5) is 0 Å². The van der Waals surface area contributed by atoms with Crippen LogP contribution in [-0.4, -0.2) is 15.8 Å². The van der Waals surface area contributed by atoms with Gasteiger partial charge in [-0.3, -0.25) is 0 Å². The van der Waals surface area contributed by atoms with Gasteiger partial charge in [0.15, 0.2) is 0 Å². The molecular formula is C15H20O2. The Balaban J connectivity index is 2.91. The Morgan fingerprint density at radius 2 is 1.71 bits per heavy atom. The average molecular weight is 232 g/mol. The molecule has 2 heteroatoms. The molecule has 0 aliphatic heterocycles. The van der Waals surface area contributed by atoms with Crippen molar-refractivity contribution in [2.24, 2.45) is 0 Å². The van der Waals surface area contributed by atoms with Gasteiger partial charge < -0.3 is 10.2 Å². The van der Waals surface area contributed by atoms with Crippen LogP contribution < -0.4 is 0 Å². The third-order valence-corrected chi connectivity index (χ3v) is 2.66. The number of aliphatic hydroxyl groups is 1. The van der Waals surface area contributed by atoms with Gasteiger partial charge in [-0.2, -0.15) is 0 Å². The summed E-state index contributed by atoms with van der Waals surface area (Å²) in [5.74, 6) is 5.94. The molecule has 0 bridgehead atoms. The van der Waals surface area contributed by atoms with Gasteiger partial charge in [0.25, 0.3) is 0 Å². The van der Waals surface area contributed by atoms with Crippen LogP contribution in [0.25, 0.3) is 0 Å². The molecule has 0 amide bonds. The van der Waals surface area contributed by atoms with E-state index in [9.17, 15) is 10.2 Å². The van der Waals surface area contributed by atoms with E-state index in [0.717, 1.165) is 12.8 Å². The van der Waals surface area contributed by atoms with Crippen molar-refractivity contribution in [2.75, 3.05) is 0 Å². The Labute approximate surface area is 103 Å². The Morgan fingerprint density at radius 1 is 1.12 bits per heavy atom. The number of phenolic OH excluding ortho intramolecular Hbond substituents is 1. The lowest BCUT2D eigenvalue weighted by molar-refractivity contribution is 0.0807. The first-order valence-electron chi connectivity index (χ1n) is 6.15. The molecule has 2 N–H and O–H groups in total. The van der Waals surface area contributed by atoms with Gasteiger partial charge in [0.2, 0.25) is 0 Å². The SMILES string of the molecule is CCCC(O)(C#Cc1ccccc1O)CCC. The summed E-state index contributed by atoms with van der Waals surface area (Å²) in [6.07, 6.45) is 3.13. The van der Waals surface area contributed by atoms with Crippen molar-refractivity contribution >= 4 is 0 Å². The zero-order valence-corrected chi connectivity index (χ0v) is 10.5. The van der Waals surface area contributed by atoms with Crippen LogP contribution in [0.15, 0.2) is 24.3 Å². The van der Waals surface area contributed by atoms with Crippen LogP contribution in [0.5, 0.6) is 5.75 Å². The van der Waals surface area contributed by atoms with Gasteiger partial charge in [-0.1, -0.05) is 50.7 Å². The monoisotopic (exact) mass is 232 g/mol. The Morgan fingerprint density at radius 3 is 2.24 bits per heavy atom. The van der Waals surface area contributed by atoms with Crippen molar-refractivity contribution in [3.63, 3.8) is 0 Å². The molecular weight excluding hydrogens is 212 g/mol. The predicted octanol–water partition coefficient (Wildman–Crippen LogP) is 3.08. The van der Waals surface area contributed by atoms with Gasteiger partial charge in [-0.15, -0.1) is 0 Å². The molecule has 2 nitrogen and oxygen atoms in total. The summed E-state index contributed by atoms with van der Waals surface area (Å²) in [5, 5.41) is 19.9. The maximum absolute atomic E-state index is 10.3. The maximum Gasteiger partial charge on any atom is 0.131 e. The van der Waals surface area contributed by atoms with Gasteiger partial charge in [0.05, 0.1) is 5.56 Å². The van der Waals surface area contributed by atoms with Crippen LogP contribution in [0.3, 0.4) is 0 Å². The van der Waals surface area contributed by atoms with E-state index >= 15 is 0 Å². The van der Waals surface area contributed by atoms with E-state index in [1.165, 1.54) is 0 Å². The number of para-hydroxylation sites is 1. The van der Waals surface area contributed by atoms with Gasteiger partial charge in [0, 0.05) is 0 Å². The Bertz CT molecular complexity index is 406. The maximum atomic E-state index is 10.3. The highest BCUT2D eigenvalue weighted by atomic mass is 16.3. The van der Waals surface area contributed by atoms with E-state index in [1.807, 2.05) is 19.9 Å². The summed E-state index contributed by atoms with van der Waals surface area (Å²) in [6.45, 7) is 4.06. The van der Waals surface area contributed by atoms with E-state index in [1.54, 1.807) is 18.2 Å². The summed E-state index contributed by atoms with van der Waals surface area (Å²) in [4.78, 5) is 0. The first-order chi connectivity index (χ1) is 8.11. The largest absolute Gasteiger partial charge is 0.507 e. The van der Waals surface area contributed by atoms with E-state index in [4.69, 9.17) is 0 Å². The van der Waals surface area contributed by atoms with E-state index in [0.29, 0.717) is 18.4 Å². The second kappa shape index (κ2) is 6.32. The minimum absolute atomic E-state index is 0.162. The number of hydrogen-bond donors (Lipinski definition) is 2. The van der Waals surface area contributed by atoms with E-state index < -0.39 is 5.60 Å². The fourth-order valence-corrected chi connectivity index (χ4v) is 1.84. The molecule has 0 unspecified atom stereocenters. The average Bonchev–Trinajstić information content (AvgIpc) is 2.29. The van der Waals surface area contributed by atoms with Gasteiger partial charge in [-0.05, 0) is 25.0 Å². The lowest BCUT2D eigenvalue weighted by Gasteiger charge is -2.20. The van der Waals surface area contributed by atoms with Crippen molar-refractivity contribution in [1.82, 2.24) is 0 Å². The third-order valence-electron chi connectivity index (χ3n) is 2.66. The summed E-state index contributed by atoms with van der Waals surface area (Å²) in [7, 11) is 0. The molecule has 92 valence electrons. The molecule has 0 aromatic heterocycles. The second-order valence-corrected chi connectivity index (χ2v) is 4.30. The first-order valence-corrected chi connectivity index (χ1v) is 6.15. The van der Waals surface area contributed by atoms with Crippen LogP contribution in [0.2, 0.25) is 0 Å². The number of aromatic hydroxyl groups is 1. The molecule has 0 radical (unpaired) electrons. The number of phenols is 1. The number of hydrogen-bond acceptors (Lipinski definition) is 2. The zero-order valence-electron chi connectivity index (χ0n) is 10.5. The van der Waals surface area contributed by atoms with Crippen molar-refractivity contribution in [3.8, 4) is 17.6 Å². The Hall–Kier alpha value is -1.46. The molecule has 0 atom stereocenters. The molecule has 0 heterocycles. The van der Waals surface area contributed by atoms with Crippen LogP contribution >= 0.6 is 0 Å². The van der Waals surface area contributed by atoms with Gasteiger partial charge in [0.1, 0.15) is 11.4 Å². The highest BCUT2D eigenvalue weighted by molar-refractivity contribution is 5.45. The summed E-state index contributed by atoms with van der Waals surface area (Å²) >= 11 is 0. The topological polar surface area (TPSA) is 40.5 Å². The van der Waals surface area contributed by atoms with Gasteiger partial charge in [-0.25, -0.2) is 0 Å². The third kappa shape index (κ3) is 4.13. The normalized spacial score (nSPS) is 10.8. The minimum atomic E-state index is -0.925. The lowest BCUT2D eigenvalue weighted by Crippen LogP contribution is -2.25. The zero-order chi connectivity index (χ0) is 12.7. The minimum Gasteiger partial charge on any atom is -0.507 e. The van der Waals surface area contributed by atoms with E-state index in [-0.39, 0.29) is 5.75 Å². The molecule has 0 saturated heterocycles. The molecule has 0 spiro atoms. The molecule has 0 fully saturated rings. The molecule has 17 heavy (non-hydrogen) atoms. The molecule has 0 aliphatic rings. The Kier molecular flexibility index (Phi) is 5.06. The molecule has 0 aliphatic carbocycles. The van der Waals surface area contributed by atoms with Crippen LogP contribution in [0.1, 0.15) is 45.1 Å². The fourth-order valence-electron chi connectivity index (χ4n) is 1.84. The van der Waals surface area contributed by atoms with Crippen molar-refractivity contribution in [2.45, 2.75) is 45.1 Å². The highest BCUT2D eigenvalue weighted by Crippen LogP contribution is 2.20. The molecule has 1 aromatic carbocycles. The van der Waals surface area contributed by atoms with Crippen molar-refractivity contribution in [1.29, 1.82) is 0 Å². The van der Waals surface area contributed by atoms with E-state index in [2.05, 4.69) is 11.8 Å². The second-order valence-electron chi connectivity index (χ2n) is 4.30. The summed E-state index contributed by atoms with van der Waals surface area (Å²) in [5.41, 5.74) is -0.357. The van der Waals surface area contributed by atoms with Gasteiger partial charge >= 0.3 is 0 Å². The standard InChI is InChI=1S/C15H20O2/c1-3-10-15(17,11-4-2)12-9-13-7-5-6-8-14(13)16/h5-8,16-17H,3-4,10-11H2,1-2H3. The molecule has 1 rings (SSSR count). The summed E-state index contributed by atoms with van der Waals surface area (Å²) in [6, 6.07) is 6.93. The summed E-state index contributed by atoms with van der Waals surface area (Å²) < 4.78 is 0. The van der Waals surface area contributed by atoms with Crippen molar-refractivity contribution < 1.29 is 10.2 Å². The first kappa shape index (κ1) is 13.6. The van der Waals surface area contributed by atoms with Crippen LogP contribution in [0, 0.1) is 11.8 Å². The van der Waals surface area contributed by atoms with Crippen molar-refractivity contribution in [3.05, 3.63) is 29.8 Å².